The molecule has 2 rings (SSSR count). The zero-order chi connectivity index (χ0) is 16.8. The minimum absolute atomic E-state index is 0.211. The Morgan fingerprint density at radius 1 is 1.09 bits per heavy atom. The predicted molar refractivity (Wildman–Crippen MR) is 92.1 cm³/mol. The maximum Gasteiger partial charge on any atom is 0.271 e. The van der Waals surface area contributed by atoms with Gasteiger partial charge in [0, 0.05) is 18.8 Å². The third-order valence-corrected chi connectivity index (χ3v) is 3.24. The third-order valence-electron chi connectivity index (χ3n) is 3.24. The van der Waals surface area contributed by atoms with Crippen molar-refractivity contribution in [2.45, 2.75) is 13.8 Å². The van der Waals surface area contributed by atoms with Gasteiger partial charge in [0.15, 0.2) is 11.5 Å². The van der Waals surface area contributed by atoms with Crippen molar-refractivity contribution in [3.05, 3.63) is 47.2 Å². The molecular weight excluding hydrogens is 290 g/mol. The molecule has 0 saturated carbocycles. The van der Waals surface area contributed by atoms with Gasteiger partial charge in [0.25, 0.3) is 5.91 Å². The molecule has 2 aromatic rings. The number of rotatable bonds is 6. The summed E-state index contributed by atoms with van der Waals surface area (Å²) in [6.07, 6.45) is 0. The molecule has 6 heteroatoms. The normalized spacial score (nSPS) is 10.7. The fraction of sp³-hybridized carbons (Fsp3) is 0.353. The average molecular weight is 313 g/mol. The van der Waals surface area contributed by atoms with Gasteiger partial charge in [-0.05, 0) is 63.3 Å². The quantitative estimate of drug-likeness (QED) is 0.855. The van der Waals surface area contributed by atoms with Crippen molar-refractivity contribution in [3.8, 4) is 0 Å². The molecule has 0 aliphatic heterocycles. The maximum absolute atomic E-state index is 11.9. The molecule has 122 valence electrons. The average Bonchev–Trinajstić information content (AvgIpc) is 2.46. The summed E-state index contributed by atoms with van der Waals surface area (Å²) in [7, 11) is 3.92. The second-order valence-electron chi connectivity index (χ2n) is 5.86. The minimum atomic E-state index is -0.211. The number of carbonyl (C=O) groups excluding carboxylic acids is 1. The number of nitrogens with one attached hydrogen (secondary N) is 2. The lowest BCUT2D eigenvalue weighted by atomic mass is 10.1. The molecule has 0 aliphatic carbocycles. The largest absolute Gasteiger partial charge is 0.349 e. The van der Waals surface area contributed by atoms with Crippen LogP contribution in [0.1, 0.15) is 21.6 Å². The standard InChI is InChI=1S/C17H23N5O/c1-12-9-13(2)11-14(10-12)19-16-6-5-15(20-21-16)17(23)18-7-8-22(3)4/h5-6,9-11H,7-8H2,1-4H3,(H,18,23)(H,19,21). The van der Waals surface area contributed by atoms with Crippen LogP contribution in [0.15, 0.2) is 30.3 Å². The van der Waals surface area contributed by atoms with Gasteiger partial charge in [-0.2, -0.15) is 0 Å². The molecule has 1 heterocycles. The van der Waals surface area contributed by atoms with Crippen LogP contribution in [0.5, 0.6) is 0 Å². The van der Waals surface area contributed by atoms with E-state index in [1.807, 2.05) is 45.0 Å². The van der Waals surface area contributed by atoms with E-state index in [4.69, 9.17) is 0 Å². The van der Waals surface area contributed by atoms with E-state index in [0.29, 0.717) is 18.1 Å². The van der Waals surface area contributed by atoms with E-state index in [-0.39, 0.29) is 5.91 Å². The van der Waals surface area contributed by atoms with Gasteiger partial charge in [-0.1, -0.05) is 6.07 Å². The van der Waals surface area contributed by atoms with Crippen LogP contribution < -0.4 is 10.6 Å². The lowest BCUT2D eigenvalue weighted by Crippen LogP contribution is -2.31. The summed E-state index contributed by atoms with van der Waals surface area (Å²) in [6.45, 7) is 5.46. The van der Waals surface area contributed by atoms with Crippen LogP contribution in [0.4, 0.5) is 11.5 Å². The Balaban J connectivity index is 1.97. The first-order valence-electron chi connectivity index (χ1n) is 7.56. The van der Waals surface area contributed by atoms with Crippen molar-refractivity contribution in [1.29, 1.82) is 0 Å². The minimum Gasteiger partial charge on any atom is -0.349 e. The molecule has 6 nitrogen and oxygen atoms in total. The molecule has 0 atom stereocenters. The predicted octanol–water partition coefficient (Wildman–Crippen LogP) is 2.13. The highest BCUT2D eigenvalue weighted by atomic mass is 16.1. The second kappa shape index (κ2) is 7.69. The summed E-state index contributed by atoms with van der Waals surface area (Å²) in [5.41, 5.74) is 3.63. The first-order chi connectivity index (χ1) is 10.9. The van der Waals surface area contributed by atoms with E-state index < -0.39 is 0 Å². The number of hydrogen-bond acceptors (Lipinski definition) is 5. The smallest absolute Gasteiger partial charge is 0.271 e. The van der Waals surface area contributed by atoms with Crippen LogP contribution in [-0.4, -0.2) is 48.2 Å². The highest BCUT2D eigenvalue weighted by Crippen LogP contribution is 2.17. The first kappa shape index (κ1) is 16.9. The SMILES string of the molecule is Cc1cc(C)cc(Nc2ccc(C(=O)NCCN(C)C)nn2)c1. The summed E-state index contributed by atoms with van der Waals surface area (Å²) in [4.78, 5) is 13.9. The number of aromatic nitrogens is 2. The molecule has 0 unspecified atom stereocenters. The van der Waals surface area contributed by atoms with Gasteiger partial charge < -0.3 is 15.5 Å². The lowest BCUT2D eigenvalue weighted by Gasteiger charge is -2.10. The summed E-state index contributed by atoms with van der Waals surface area (Å²) < 4.78 is 0. The Bertz CT molecular complexity index is 647. The molecule has 0 bridgehead atoms. The Morgan fingerprint density at radius 3 is 2.35 bits per heavy atom. The highest BCUT2D eigenvalue weighted by Gasteiger charge is 2.08. The summed E-state index contributed by atoms with van der Waals surface area (Å²) in [5.74, 6) is 0.400. The van der Waals surface area contributed by atoms with Crippen LogP contribution in [0, 0.1) is 13.8 Å². The lowest BCUT2D eigenvalue weighted by molar-refractivity contribution is 0.0945. The molecule has 0 fully saturated rings. The number of hydrogen-bond donors (Lipinski definition) is 2. The van der Waals surface area contributed by atoms with Crippen LogP contribution in [-0.2, 0) is 0 Å². The van der Waals surface area contributed by atoms with E-state index >= 15 is 0 Å². The number of carbonyl (C=O) groups is 1. The van der Waals surface area contributed by atoms with E-state index in [2.05, 4.69) is 26.9 Å². The Hall–Kier alpha value is -2.47. The molecule has 2 N–H and O–H groups in total. The third kappa shape index (κ3) is 5.34. The zero-order valence-corrected chi connectivity index (χ0v) is 14.1. The molecule has 0 saturated heterocycles. The van der Waals surface area contributed by atoms with E-state index in [1.165, 1.54) is 11.1 Å². The fourth-order valence-corrected chi connectivity index (χ4v) is 2.20. The summed E-state index contributed by atoms with van der Waals surface area (Å²) in [5, 5.41) is 14.1. The number of anilines is 2. The van der Waals surface area contributed by atoms with Crippen molar-refractivity contribution in [2.75, 3.05) is 32.5 Å². The van der Waals surface area contributed by atoms with Crippen LogP contribution >= 0.6 is 0 Å². The van der Waals surface area contributed by atoms with Gasteiger partial charge in [0.2, 0.25) is 0 Å². The van der Waals surface area contributed by atoms with Gasteiger partial charge in [0.05, 0.1) is 0 Å². The van der Waals surface area contributed by atoms with Gasteiger partial charge in [-0.25, -0.2) is 0 Å². The maximum atomic E-state index is 11.9. The summed E-state index contributed by atoms with van der Waals surface area (Å²) in [6, 6.07) is 9.61. The highest BCUT2D eigenvalue weighted by molar-refractivity contribution is 5.92. The van der Waals surface area contributed by atoms with Gasteiger partial charge >= 0.3 is 0 Å². The molecule has 0 spiro atoms. The molecule has 1 amide bonds. The molecule has 0 radical (unpaired) electrons. The Morgan fingerprint density at radius 2 is 1.78 bits per heavy atom. The molecule has 23 heavy (non-hydrogen) atoms. The van der Waals surface area contributed by atoms with Crippen molar-refractivity contribution in [3.63, 3.8) is 0 Å². The number of nitrogens with zero attached hydrogens (tertiary/aromatic N) is 3. The first-order valence-corrected chi connectivity index (χ1v) is 7.56. The molecule has 1 aromatic heterocycles. The van der Waals surface area contributed by atoms with Crippen molar-refractivity contribution >= 4 is 17.4 Å². The van der Waals surface area contributed by atoms with Crippen LogP contribution in [0.2, 0.25) is 0 Å². The number of likely N-dealkylation sites (N-methyl/N-ethyl adjacent to an activating group) is 1. The van der Waals surface area contributed by atoms with Crippen molar-refractivity contribution < 1.29 is 4.79 Å². The van der Waals surface area contributed by atoms with Crippen molar-refractivity contribution in [2.24, 2.45) is 0 Å². The van der Waals surface area contributed by atoms with Gasteiger partial charge in [-0.3, -0.25) is 4.79 Å². The topological polar surface area (TPSA) is 70.2 Å². The molecular formula is C17H23N5O. The Kier molecular flexibility index (Phi) is 5.65. The van der Waals surface area contributed by atoms with Gasteiger partial charge in [-0.15, -0.1) is 10.2 Å². The number of benzene rings is 1. The van der Waals surface area contributed by atoms with Crippen molar-refractivity contribution in [1.82, 2.24) is 20.4 Å². The molecule has 0 aliphatic rings. The monoisotopic (exact) mass is 313 g/mol. The fourth-order valence-electron chi connectivity index (χ4n) is 2.20. The Labute approximate surface area is 136 Å². The van der Waals surface area contributed by atoms with Crippen LogP contribution in [0.25, 0.3) is 0 Å². The van der Waals surface area contributed by atoms with E-state index in [9.17, 15) is 4.79 Å². The van der Waals surface area contributed by atoms with E-state index in [0.717, 1.165) is 12.2 Å². The molecule has 1 aromatic carbocycles. The van der Waals surface area contributed by atoms with E-state index in [1.54, 1.807) is 12.1 Å². The summed E-state index contributed by atoms with van der Waals surface area (Å²) >= 11 is 0. The second-order valence-corrected chi connectivity index (χ2v) is 5.86. The van der Waals surface area contributed by atoms with Gasteiger partial charge in [0.1, 0.15) is 0 Å². The zero-order valence-electron chi connectivity index (χ0n) is 14.1. The van der Waals surface area contributed by atoms with Crippen LogP contribution in [0.3, 0.4) is 0 Å². The number of amides is 1. The number of aryl methyl sites for hydroxylation is 2.